The number of nitrogens with one attached hydrogen (secondary N) is 2. The number of ether oxygens (including phenoxy) is 1. The number of carbonyl (C=O) groups is 1. The van der Waals surface area contributed by atoms with Crippen LogP contribution in [0.3, 0.4) is 0 Å². The maximum absolute atomic E-state index is 12.5. The summed E-state index contributed by atoms with van der Waals surface area (Å²) in [5.41, 5.74) is 3.06. The van der Waals surface area contributed by atoms with Crippen LogP contribution in [0.15, 0.2) is 55.4 Å². The second-order valence-corrected chi connectivity index (χ2v) is 11.8. The van der Waals surface area contributed by atoms with Crippen LogP contribution >= 0.6 is 23.2 Å². The van der Waals surface area contributed by atoms with Gasteiger partial charge in [0.15, 0.2) is 5.82 Å². The zero-order valence-corrected chi connectivity index (χ0v) is 25.7. The number of anilines is 5. The Balaban J connectivity index is 1.28. The summed E-state index contributed by atoms with van der Waals surface area (Å²) in [5.74, 6) is 1.41. The smallest absolute Gasteiger partial charge is 0.247 e. The zero-order chi connectivity index (χ0) is 30.1. The Morgan fingerprint density at radius 2 is 1.98 bits per heavy atom. The van der Waals surface area contributed by atoms with Crippen molar-refractivity contribution in [1.29, 1.82) is 0 Å². The monoisotopic (exact) mass is 623 g/mol. The molecule has 2 unspecified atom stereocenters. The number of rotatable bonds is 9. The van der Waals surface area contributed by atoms with Crippen molar-refractivity contribution in [3.63, 3.8) is 0 Å². The maximum atomic E-state index is 12.5. The molecule has 3 fully saturated rings. The van der Waals surface area contributed by atoms with Crippen molar-refractivity contribution < 1.29 is 14.4 Å². The first-order valence-corrected chi connectivity index (χ1v) is 15.2. The van der Waals surface area contributed by atoms with Crippen LogP contribution in [-0.4, -0.2) is 66.2 Å². The highest BCUT2D eigenvalue weighted by molar-refractivity contribution is 6.42. The third kappa shape index (κ3) is 6.24. The zero-order valence-electron chi connectivity index (χ0n) is 24.2. The van der Waals surface area contributed by atoms with E-state index in [1.54, 1.807) is 24.3 Å². The Kier molecular flexibility index (Phi) is 8.63. The van der Waals surface area contributed by atoms with Gasteiger partial charge in [-0.15, -0.1) is 0 Å². The second-order valence-electron chi connectivity index (χ2n) is 11.0. The number of hydroxylamine groups is 1. The SMILES string of the molecule is C=CC(=O)Nc1cc(Nc2cc(N3OCCC3c3cccc(Cl)c3Cl)ncn2)c(OC)cc1N1CCN(C2CC2)C(C)C1. The van der Waals surface area contributed by atoms with E-state index in [1.807, 2.05) is 24.3 Å². The Labute approximate surface area is 261 Å². The minimum atomic E-state index is -0.289. The van der Waals surface area contributed by atoms with Crippen LogP contribution in [0.25, 0.3) is 0 Å². The summed E-state index contributed by atoms with van der Waals surface area (Å²) in [7, 11) is 1.63. The number of nitrogens with zero attached hydrogens (tertiary/aromatic N) is 5. The fourth-order valence-electron chi connectivity index (χ4n) is 5.95. The molecule has 2 aliphatic heterocycles. The van der Waals surface area contributed by atoms with Gasteiger partial charge in [0, 0.05) is 50.3 Å². The third-order valence-electron chi connectivity index (χ3n) is 8.18. The van der Waals surface area contributed by atoms with Gasteiger partial charge in [0.25, 0.3) is 0 Å². The van der Waals surface area contributed by atoms with E-state index in [1.165, 1.54) is 25.2 Å². The lowest BCUT2D eigenvalue weighted by molar-refractivity contribution is -0.111. The van der Waals surface area contributed by atoms with Crippen LogP contribution < -0.4 is 25.3 Å². The maximum Gasteiger partial charge on any atom is 0.247 e. The van der Waals surface area contributed by atoms with Crippen molar-refractivity contribution in [2.75, 3.05) is 53.9 Å². The van der Waals surface area contributed by atoms with Crippen LogP contribution in [0.4, 0.5) is 28.7 Å². The van der Waals surface area contributed by atoms with Crippen LogP contribution in [0.2, 0.25) is 10.0 Å². The van der Waals surface area contributed by atoms with Crippen molar-refractivity contribution >= 4 is 57.8 Å². The molecule has 0 bridgehead atoms. The molecule has 6 rings (SSSR count). The van der Waals surface area contributed by atoms with E-state index in [0.29, 0.717) is 57.5 Å². The number of carbonyl (C=O) groups excluding carboxylic acids is 1. The van der Waals surface area contributed by atoms with Crippen LogP contribution in [0, 0.1) is 0 Å². The van der Waals surface area contributed by atoms with Gasteiger partial charge >= 0.3 is 0 Å². The van der Waals surface area contributed by atoms with Crippen molar-refractivity contribution in [1.82, 2.24) is 14.9 Å². The minimum absolute atomic E-state index is 0.161. The summed E-state index contributed by atoms with van der Waals surface area (Å²) >= 11 is 12.8. The van der Waals surface area contributed by atoms with Crippen LogP contribution in [0.5, 0.6) is 5.75 Å². The van der Waals surface area contributed by atoms with Gasteiger partial charge in [-0.1, -0.05) is 41.9 Å². The van der Waals surface area contributed by atoms with E-state index in [4.69, 9.17) is 32.8 Å². The van der Waals surface area contributed by atoms with Gasteiger partial charge in [-0.2, -0.15) is 0 Å². The van der Waals surface area contributed by atoms with Gasteiger partial charge in [0.2, 0.25) is 5.91 Å². The second kappa shape index (κ2) is 12.6. The van der Waals surface area contributed by atoms with Gasteiger partial charge in [0.05, 0.1) is 46.9 Å². The van der Waals surface area contributed by atoms with E-state index >= 15 is 0 Å². The molecule has 3 aliphatic rings. The summed E-state index contributed by atoms with van der Waals surface area (Å²) in [6.45, 7) is 9.10. The fourth-order valence-corrected chi connectivity index (χ4v) is 6.38. The molecule has 3 heterocycles. The number of amides is 1. The molecule has 3 aromatic rings. The average Bonchev–Trinajstić information content (AvgIpc) is 3.74. The molecular weight excluding hydrogens is 589 g/mol. The van der Waals surface area contributed by atoms with E-state index in [-0.39, 0.29) is 11.9 Å². The Morgan fingerprint density at radius 1 is 1.14 bits per heavy atom. The fraction of sp³-hybridized carbons (Fsp3) is 0.387. The molecule has 0 spiro atoms. The Bertz CT molecular complexity index is 1520. The van der Waals surface area contributed by atoms with E-state index in [0.717, 1.165) is 37.3 Å². The number of piperazine rings is 1. The highest BCUT2D eigenvalue weighted by Gasteiger charge is 2.36. The predicted molar refractivity (Wildman–Crippen MR) is 171 cm³/mol. The number of halogens is 2. The lowest BCUT2D eigenvalue weighted by Gasteiger charge is -2.42. The van der Waals surface area contributed by atoms with E-state index < -0.39 is 0 Å². The van der Waals surface area contributed by atoms with E-state index in [2.05, 4.69) is 43.9 Å². The summed E-state index contributed by atoms with van der Waals surface area (Å²) in [5, 5.41) is 9.08. The number of hydrogen-bond acceptors (Lipinski definition) is 9. The Hall–Kier alpha value is -3.57. The normalized spacial score (nSPS) is 20.7. The van der Waals surface area contributed by atoms with Crippen LogP contribution in [0.1, 0.15) is 37.8 Å². The number of methoxy groups -OCH3 is 1. The first-order chi connectivity index (χ1) is 20.9. The molecule has 226 valence electrons. The van der Waals surface area contributed by atoms with Crippen LogP contribution in [-0.2, 0) is 9.63 Å². The highest BCUT2D eigenvalue weighted by atomic mass is 35.5. The van der Waals surface area contributed by atoms with Gasteiger partial charge in [0.1, 0.15) is 17.9 Å². The van der Waals surface area contributed by atoms with Gasteiger partial charge in [-0.25, -0.2) is 15.0 Å². The first kappa shape index (κ1) is 29.5. The standard InChI is InChI=1S/C31H35Cl2N7O3/c1-4-30(41)37-23-14-24(27(42-3)15-26(23)38-11-12-39(19(2)17-38)20-8-9-20)36-28-16-29(35-18-34-28)40-25(10-13-43-40)21-6-5-7-22(32)31(21)33/h4-7,14-16,18-20,25H,1,8-13,17H2,2-3H3,(H,37,41)(H,34,35,36). The molecule has 2 N–H and O–H groups in total. The molecule has 10 nitrogen and oxygen atoms in total. The molecule has 1 aromatic heterocycles. The number of aromatic nitrogens is 2. The molecule has 1 amide bonds. The molecule has 2 saturated heterocycles. The van der Waals surface area contributed by atoms with Gasteiger partial charge in [-0.05, 0) is 43.5 Å². The number of benzene rings is 2. The number of hydrogen-bond donors (Lipinski definition) is 2. The summed E-state index contributed by atoms with van der Waals surface area (Å²) in [4.78, 5) is 32.3. The topological polar surface area (TPSA) is 95.1 Å². The van der Waals surface area contributed by atoms with Crippen molar-refractivity contribution in [2.24, 2.45) is 0 Å². The molecule has 1 aliphatic carbocycles. The molecule has 12 heteroatoms. The Morgan fingerprint density at radius 3 is 2.72 bits per heavy atom. The van der Waals surface area contributed by atoms with Crippen molar-refractivity contribution in [3.8, 4) is 5.75 Å². The summed E-state index contributed by atoms with van der Waals surface area (Å²) in [6, 6.07) is 12.2. The molecule has 2 aromatic carbocycles. The summed E-state index contributed by atoms with van der Waals surface area (Å²) in [6.07, 6.45) is 6.02. The highest BCUT2D eigenvalue weighted by Crippen LogP contribution is 2.42. The quantitative estimate of drug-likeness (QED) is 0.269. The van der Waals surface area contributed by atoms with Gasteiger partial charge in [-0.3, -0.25) is 14.5 Å². The lowest BCUT2D eigenvalue weighted by Crippen LogP contribution is -2.52. The molecule has 43 heavy (non-hydrogen) atoms. The molecule has 2 atom stereocenters. The molecule has 1 saturated carbocycles. The third-order valence-corrected chi connectivity index (χ3v) is 9.02. The van der Waals surface area contributed by atoms with Crippen molar-refractivity contribution in [3.05, 3.63) is 71.0 Å². The largest absolute Gasteiger partial charge is 0.494 e. The average molecular weight is 625 g/mol. The minimum Gasteiger partial charge on any atom is -0.494 e. The lowest BCUT2D eigenvalue weighted by atomic mass is 10.0. The van der Waals surface area contributed by atoms with Gasteiger partial charge < -0.3 is 20.3 Å². The molecular formula is C31H35Cl2N7O3. The molecule has 0 radical (unpaired) electrons. The predicted octanol–water partition coefficient (Wildman–Crippen LogP) is 6.22. The summed E-state index contributed by atoms with van der Waals surface area (Å²) < 4.78 is 5.82. The first-order valence-electron chi connectivity index (χ1n) is 14.5. The van der Waals surface area contributed by atoms with Crippen molar-refractivity contribution in [2.45, 2.75) is 44.3 Å². The van der Waals surface area contributed by atoms with E-state index in [9.17, 15) is 4.79 Å².